The van der Waals surface area contributed by atoms with Crippen LogP contribution in [0.4, 0.5) is 0 Å². The highest BCUT2D eigenvalue weighted by Crippen LogP contribution is 1.96. The van der Waals surface area contributed by atoms with Crippen LogP contribution in [-0.4, -0.2) is 108 Å². The van der Waals surface area contributed by atoms with Gasteiger partial charge in [-0.1, -0.05) is 0 Å². The maximum Gasteiger partial charge on any atom is 0.0107 e. The molecule has 130 valence electrons. The van der Waals surface area contributed by atoms with Gasteiger partial charge in [-0.3, -0.25) is 0 Å². The van der Waals surface area contributed by atoms with Crippen molar-refractivity contribution in [3.63, 3.8) is 0 Å². The predicted molar refractivity (Wildman–Crippen MR) is 88.1 cm³/mol. The first-order valence-corrected chi connectivity index (χ1v) is 8.78. The molecule has 0 radical (unpaired) electrons. The zero-order chi connectivity index (χ0) is 15.5. The third kappa shape index (κ3) is 7.82. The van der Waals surface area contributed by atoms with Crippen molar-refractivity contribution in [2.75, 3.05) is 91.6 Å². The molecule has 7 nitrogen and oxygen atoms in total. The highest BCUT2D eigenvalue weighted by atomic mass is 16.3. The fraction of sp³-hybridized carbons (Fsp3) is 1.00. The van der Waals surface area contributed by atoms with E-state index in [2.05, 4.69) is 31.1 Å². The van der Waals surface area contributed by atoms with Crippen molar-refractivity contribution in [3.05, 3.63) is 0 Å². The molecule has 0 amide bonds. The molecule has 0 unspecified atom stereocenters. The maximum absolute atomic E-state index is 12.5. The second kappa shape index (κ2) is 11.3. The molecule has 0 saturated carbocycles. The van der Waals surface area contributed by atoms with E-state index in [1.54, 1.807) is 0 Å². The van der Waals surface area contributed by atoms with E-state index in [0.29, 0.717) is 13.1 Å². The Hall–Kier alpha value is -0.280. The first-order chi connectivity index (χ1) is 10.8. The lowest BCUT2D eigenvalue weighted by atomic mass is 10.2. The molecule has 0 aromatic rings. The average molecular weight is 313 g/mol. The van der Waals surface area contributed by atoms with E-state index in [-0.39, 0.29) is 0 Å². The van der Waals surface area contributed by atoms with Crippen LogP contribution in [0.5, 0.6) is 0 Å². The fourth-order valence-electron chi connectivity index (χ4n) is 3.02. The van der Waals surface area contributed by atoms with Crippen LogP contribution < -0.4 is 26.4 Å². The van der Waals surface area contributed by atoms with Crippen LogP contribution in [0.2, 0.25) is 0 Å². The summed E-state index contributed by atoms with van der Waals surface area (Å²) in [4.78, 5) is 4.60. The van der Waals surface area contributed by atoms with Gasteiger partial charge in [0.05, 0.1) is 0 Å². The van der Waals surface area contributed by atoms with Gasteiger partial charge in [-0.2, -0.15) is 0 Å². The number of rotatable bonds is 4. The molecule has 7 heteroatoms. The quantitative estimate of drug-likeness (QED) is 0.433. The molecule has 2 heterocycles. The normalized spacial score (nSPS) is 24.8. The summed E-state index contributed by atoms with van der Waals surface area (Å²) in [6.45, 7) is 13.2. The van der Waals surface area contributed by atoms with E-state index in [1.807, 2.05) is 0 Å². The lowest BCUT2D eigenvalue weighted by Crippen LogP contribution is -2.50. The smallest absolute Gasteiger partial charge is 0.0107 e. The summed E-state index contributed by atoms with van der Waals surface area (Å²) in [7, 11) is 0. The van der Waals surface area contributed by atoms with E-state index in [9.17, 15) is 5.11 Å². The molecule has 2 aliphatic rings. The third-order valence-corrected chi connectivity index (χ3v) is 4.30. The molecule has 0 spiro atoms. The van der Waals surface area contributed by atoms with Gasteiger partial charge in [0.1, 0.15) is 0 Å². The van der Waals surface area contributed by atoms with Crippen molar-refractivity contribution in [1.82, 2.24) is 31.1 Å². The Bertz CT molecular complexity index is 235. The Kier molecular flexibility index (Phi) is 9.27. The van der Waals surface area contributed by atoms with Crippen molar-refractivity contribution in [1.29, 1.82) is 0 Å². The lowest BCUT2D eigenvalue weighted by Gasteiger charge is -2.35. The molecule has 0 bridgehead atoms. The Morgan fingerprint density at radius 3 is 1.23 bits per heavy atom. The number of nitrogens with zero attached hydrogens (tertiary/aromatic N) is 2. The summed E-state index contributed by atoms with van der Waals surface area (Å²) < 4.78 is 0. The molecule has 4 N–H and O–H groups in total. The molecular formula is C15H33N6O-. The summed E-state index contributed by atoms with van der Waals surface area (Å²) in [5, 5.41) is 26.1. The molecule has 2 rings (SSSR count). The summed E-state index contributed by atoms with van der Waals surface area (Å²) in [5.74, 6) is 0. The van der Waals surface area contributed by atoms with Gasteiger partial charge in [-0.15, -0.1) is 6.10 Å². The maximum atomic E-state index is 12.5. The monoisotopic (exact) mass is 313 g/mol. The van der Waals surface area contributed by atoms with Crippen molar-refractivity contribution < 1.29 is 5.11 Å². The van der Waals surface area contributed by atoms with Gasteiger partial charge >= 0.3 is 0 Å². The molecule has 2 aliphatic heterocycles. The molecule has 0 atom stereocenters. The Balaban J connectivity index is 1.70. The Morgan fingerprint density at radius 2 is 0.909 bits per heavy atom. The standard InChI is InChI=1S/C15H33N6O/c22-15(13-20-9-5-16-1-2-17-6-10-20)14-21-11-7-18-3-4-19-8-12-21/h15-19H,1-14H2/q-1. The number of hydrogen-bond acceptors (Lipinski definition) is 7. The van der Waals surface area contributed by atoms with E-state index in [4.69, 9.17) is 0 Å². The van der Waals surface area contributed by atoms with Gasteiger partial charge < -0.3 is 36.2 Å². The van der Waals surface area contributed by atoms with E-state index >= 15 is 0 Å². The van der Waals surface area contributed by atoms with Crippen LogP contribution in [0.3, 0.4) is 0 Å². The highest BCUT2D eigenvalue weighted by Gasteiger charge is 2.12. The first kappa shape index (κ1) is 18.1. The Morgan fingerprint density at radius 1 is 0.591 bits per heavy atom. The minimum absolute atomic E-state index is 0.526. The second-order valence-corrected chi connectivity index (χ2v) is 6.22. The molecule has 0 aliphatic carbocycles. The molecule has 2 saturated heterocycles. The lowest BCUT2D eigenvalue weighted by molar-refractivity contribution is -0.423. The van der Waals surface area contributed by atoms with Gasteiger partial charge in [-0.25, -0.2) is 0 Å². The fourth-order valence-corrected chi connectivity index (χ4v) is 3.02. The van der Waals surface area contributed by atoms with Crippen molar-refractivity contribution >= 4 is 0 Å². The van der Waals surface area contributed by atoms with Crippen molar-refractivity contribution in [2.45, 2.75) is 6.10 Å². The second-order valence-electron chi connectivity index (χ2n) is 6.22. The van der Waals surface area contributed by atoms with Crippen molar-refractivity contribution in [2.24, 2.45) is 0 Å². The van der Waals surface area contributed by atoms with Crippen LogP contribution in [0.1, 0.15) is 0 Å². The Labute approximate surface area is 134 Å². The van der Waals surface area contributed by atoms with Crippen LogP contribution in [-0.2, 0) is 0 Å². The van der Waals surface area contributed by atoms with Crippen molar-refractivity contribution in [3.8, 4) is 0 Å². The van der Waals surface area contributed by atoms with E-state index in [0.717, 1.165) is 78.5 Å². The molecule has 2 fully saturated rings. The van der Waals surface area contributed by atoms with Crippen LogP contribution in [0, 0.1) is 0 Å². The van der Waals surface area contributed by atoms with E-state index in [1.165, 1.54) is 0 Å². The highest BCUT2D eigenvalue weighted by molar-refractivity contribution is 4.73. The molecular weight excluding hydrogens is 280 g/mol. The molecule has 0 aromatic heterocycles. The largest absolute Gasteiger partial charge is 0.850 e. The van der Waals surface area contributed by atoms with Gasteiger partial charge in [-0.05, 0) is 13.1 Å². The van der Waals surface area contributed by atoms with Crippen LogP contribution in [0.25, 0.3) is 0 Å². The third-order valence-electron chi connectivity index (χ3n) is 4.30. The predicted octanol–water partition coefficient (Wildman–Crippen LogP) is -3.30. The van der Waals surface area contributed by atoms with Gasteiger partial charge in [0.2, 0.25) is 0 Å². The number of nitrogens with one attached hydrogen (secondary N) is 4. The molecule has 0 aromatic carbocycles. The summed E-state index contributed by atoms with van der Waals surface area (Å²) in [5.41, 5.74) is 0. The first-order valence-electron chi connectivity index (χ1n) is 8.78. The van der Waals surface area contributed by atoms with E-state index < -0.39 is 6.10 Å². The zero-order valence-corrected chi connectivity index (χ0v) is 13.8. The van der Waals surface area contributed by atoms with Crippen LogP contribution in [0.15, 0.2) is 0 Å². The van der Waals surface area contributed by atoms with Gasteiger partial charge in [0.15, 0.2) is 0 Å². The van der Waals surface area contributed by atoms with Gasteiger partial charge in [0, 0.05) is 78.5 Å². The summed E-state index contributed by atoms with van der Waals surface area (Å²) in [6.07, 6.45) is -0.526. The minimum Gasteiger partial charge on any atom is -0.850 e. The minimum atomic E-state index is -0.526. The zero-order valence-electron chi connectivity index (χ0n) is 13.8. The summed E-state index contributed by atoms with van der Waals surface area (Å²) >= 11 is 0. The SMILES string of the molecule is [O-]C(CN1CCNCCNCC1)CN1CCNCCNCC1. The molecule has 22 heavy (non-hydrogen) atoms. The van der Waals surface area contributed by atoms with Crippen LogP contribution >= 0.6 is 0 Å². The van der Waals surface area contributed by atoms with Gasteiger partial charge in [0.25, 0.3) is 0 Å². The topological polar surface area (TPSA) is 77.7 Å². The average Bonchev–Trinajstić information content (AvgIpc) is 2.71. The summed E-state index contributed by atoms with van der Waals surface area (Å²) in [6, 6.07) is 0. The number of hydrogen-bond donors (Lipinski definition) is 4.